The van der Waals surface area contributed by atoms with E-state index in [9.17, 15) is 4.79 Å². The first-order valence-electron chi connectivity index (χ1n) is 5.58. The lowest BCUT2D eigenvalue weighted by Crippen LogP contribution is -2.06. The van der Waals surface area contributed by atoms with Crippen molar-refractivity contribution in [2.45, 2.75) is 25.1 Å². The first kappa shape index (κ1) is 13.2. The highest BCUT2D eigenvalue weighted by atomic mass is 32.2. The summed E-state index contributed by atoms with van der Waals surface area (Å²) in [5.41, 5.74) is 4.24. The summed E-state index contributed by atoms with van der Waals surface area (Å²) in [5.74, 6) is 0.564. The van der Waals surface area contributed by atoms with Crippen LogP contribution in [0.15, 0.2) is 22.8 Å². The van der Waals surface area contributed by atoms with Gasteiger partial charge in [0.05, 0.1) is 5.75 Å². The minimum atomic E-state index is 0.149. The van der Waals surface area contributed by atoms with Gasteiger partial charge < -0.3 is 0 Å². The maximum absolute atomic E-state index is 12.2. The summed E-state index contributed by atoms with van der Waals surface area (Å²) in [6.07, 6.45) is 1.51. The van der Waals surface area contributed by atoms with Crippen LogP contribution < -0.4 is 0 Å². The monoisotopic (exact) mass is 278 g/mol. The van der Waals surface area contributed by atoms with E-state index in [1.165, 1.54) is 35.2 Å². The SMILES string of the molecule is Cc1cc(C)c(C(=O)CSc2ncns2)cc1C. The van der Waals surface area contributed by atoms with Crippen molar-refractivity contribution < 1.29 is 4.79 Å². The van der Waals surface area contributed by atoms with Gasteiger partial charge in [0.1, 0.15) is 6.33 Å². The third kappa shape index (κ3) is 2.97. The lowest BCUT2D eigenvalue weighted by Gasteiger charge is -2.08. The Morgan fingerprint density at radius 1 is 1.22 bits per heavy atom. The molecule has 0 aliphatic heterocycles. The van der Waals surface area contributed by atoms with Crippen LogP contribution in [0.2, 0.25) is 0 Å². The molecule has 18 heavy (non-hydrogen) atoms. The molecule has 0 fully saturated rings. The van der Waals surface area contributed by atoms with Crippen molar-refractivity contribution in [1.29, 1.82) is 0 Å². The predicted molar refractivity (Wildman–Crippen MR) is 75.6 cm³/mol. The van der Waals surface area contributed by atoms with Crippen LogP contribution in [0.4, 0.5) is 0 Å². The molecule has 1 aromatic carbocycles. The fourth-order valence-corrected chi connectivity index (χ4v) is 3.02. The van der Waals surface area contributed by atoms with Gasteiger partial charge in [0.25, 0.3) is 0 Å². The van der Waals surface area contributed by atoms with Crippen LogP contribution in [-0.4, -0.2) is 20.9 Å². The van der Waals surface area contributed by atoms with E-state index in [1.807, 2.05) is 19.9 Å². The molecule has 0 radical (unpaired) electrons. The van der Waals surface area contributed by atoms with Crippen molar-refractivity contribution in [2.75, 3.05) is 5.75 Å². The Hall–Kier alpha value is -1.20. The van der Waals surface area contributed by atoms with Crippen LogP contribution >= 0.6 is 23.3 Å². The van der Waals surface area contributed by atoms with Gasteiger partial charge in [-0.1, -0.05) is 17.8 Å². The number of Topliss-reactive ketones (excluding diaryl/α,β-unsaturated/α-hetero) is 1. The van der Waals surface area contributed by atoms with E-state index in [0.29, 0.717) is 5.75 Å². The van der Waals surface area contributed by atoms with Crippen molar-refractivity contribution in [3.05, 3.63) is 40.7 Å². The van der Waals surface area contributed by atoms with Crippen LogP contribution in [0.3, 0.4) is 0 Å². The normalized spacial score (nSPS) is 10.6. The van der Waals surface area contributed by atoms with Crippen molar-refractivity contribution in [1.82, 2.24) is 9.36 Å². The van der Waals surface area contributed by atoms with Gasteiger partial charge in [0, 0.05) is 5.56 Å². The summed E-state index contributed by atoms with van der Waals surface area (Å²) < 4.78 is 4.75. The van der Waals surface area contributed by atoms with Gasteiger partial charge in [-0.05, 0) is 55.1 Å². The molecule has 0 atom stereocenters. The topological polar surface area (TPSA) is 42.9 Å². The smallest absolute Gasteiger partial charge is 0.173 e. The number of ketones is 1. The summed E-state index contributed by atoms with van der Waals surface area (Å²) in [4.78, 5) is 16.2. The van der Waals surface area contributed by atoms with Crippen LogP contribution in [-0.2, 0) is 0 Å². The first-order chi connectivity index (χ1) is 8.58. The molecule has 5 heteroatoms. The minimum Gasteiger partial charge on any atom is -0.293 e. The van der Waals surface area contributed by atoms with Gasteiger partial charge in [0.2, 0.25) is 0 Å². The molecule has 0 aliphatic rings. The maximum atomic E-state index is 12.2. The Labute approximate surface area is 115 Å². The number of rotatable bonds is 4. The quantitative estimate of drug-likeness (QED) is 0.634. The lowest BCUT2D eigenvalue weighted by molar-refractivity contribution is 0.102. The zero-order chi connectivity index (χ0) is 13.1. The molecule has 94 valence electrons. The molecule has 0 saturated heterocycles. The molecule has 0 saturated carbocycles. The second kappa shape index (κ2) is 5.63. The zero-order valence-electron chi connectivity index (χ0n) is 10.6. The fraction of sp³-hybridized carbons (Fsp3) is 0.308. The Morgan fingerprint density at radius 2 is 1.94 bits per heavy atom. The number of carbonyl (C=O) groups excluding carboxylic acids is 1. The Kier molecular flexibility index (Phi) is 4.14. The highest BCUT2D eigenvalue weighted by Gasteiger charge is 2.12. The summed E-state index contributed by atoms with van der Waals surface area (Å²) >= 11 is 2.76. The number of carbonyl (C=O) groups is 1. The van der Waals surface area contributed by atoms with E-state index in [-0.39, 0.29) is 5.78 Å². The van der Waals surface area contributed by atoms with Crippen LogP contribution in [0, 0.1) is 20.8 Å². The summed E-state index contributed by atoms with van der Waals surface area (Å²) in [6.45, 7) is 6.07. The number of benzene rings is 1. The maximum Gasteiger partial charge on any atom is 0.173 e. The summed E-state index contributed by atoms with van der Waals surface area (Å²) in [6, 6.07) is 4.05. The van der Waals surface area contributed by atoms with Gasteiger partial charge in [-0.25, -0.2) is 4.98 Å². The summed E-state index contributed by atoms with van der Waals surface area (Å²) in [7, 11) is 0. The highest BCUT2D eigenvalue weighted by molar-refractivity contribution is 8.01. The predicted octanol–water partition coefficient (Wildman–Crippen LogP) is 3.44. The molecule has 0 bridgehead atoms. The number of aryl methyl sites for hydroxylation is 3. The van der Waals surface area contributed by atoms with Crippen molar-refractivity contribution in [3.63, 3.8) is 0 Å². The average Bonchev–Trinajstić information content (AvgIpc) is 2.84. The van der Waals surface area contributed by atoms with Gasteiger partial charge in [-0.15, -0.1) is 0 Å². The van der Waals surface area contributed by atoms with Crippen molar-refractivity contribution >= 4 is 29.1 Å². The standard InChI is InChI=1S/C13H14N2OS2/c1-8-4-10(3)11(5-9(8)2)12(16)6-17-13-14-7-15-18-13/h4-5,7H,6H2,1-3H3. The number of aromatic nitrogens is 2. The Balaban J connectivity index is 2.11. The van der Waals surface area contributed by atoms with E-state index in [0.717, 1.165) is 21.0 Å². The first-order valence-corrected chi connectivity index (χ1v) is 7.34. The molecule has 2 rings (SSSR count). The fourth-order valence-electron chi connectivity index (χ4n) is 1.69. The van der Waals surface area contributed by atoms with Gasteiger partial charge in [-0.2, -0.15) is 4.37 Å². The number of nitrogens with zero attached hydrogens (tertiary/aromatic N) is 2. The lowest BCUT2D eigenvalue weighted by atomic mass is 9.99. The van der Waals surface area contributed by atoms with E-state index >= 15 is 0 Å². The molecule has 2 aromatic rings. The van der Waals surface area contributed by atoms with Crippen LogP contribution in [0.25, 0.3) is 0 Å². The molecule has 0 N–H and O–H groups in total. The minimum absolute atomic E-state index is 0.149. The largest absolute Gasteiger partial charge is 0.293 e. The second-order valence-corrected chi connectivity index (χ2v) is 6.17. The second-order valence-electron chi connectivity index (χ2n) is 4.17. The molecule has 3 nitrogen and oxygen atoms in total. The molecule has 0 aliphatic carbocycles. The molecule has 1 heterocycles. The van der Waals surface area contributed by atoms with Crippen LogP contribution in [0.5, 0.6) is 0 Å². The van der Waals surface area contributed by atoms with Crippen molar-refractivity contribution in [2.24, 2.45) is 0 Å². The van der Waals surface area contributed by atoms with Gasteiger partial charge >= 0.3 is 0 Å². The van der Waals surface area contributed by atoms with Gasteiger partial charge in [0.15, 0.2) is 10.1 Å². The third-order valence-electron chi connectivity index (χ3n) is 2.81. The average molecular weight is 278 g/mol. The van der Waals surface area contributed by atoms with E-state index in [2.05, 4.69) is 22.3 Å². The highest BCUT2D eigenvalue weighted by Crippen LogP contribution is 2.22. The van der Waals surface area contributed by atoms with E-state index in [4.69, 9.17) is 0 Å². The zero-order valence-corrected chi connectivity index (χ0v) is 12.2. The van der Waals surface area contributed by atoms with Crippen molar-refractivity contribution in [3.8, 4) is 0 Å². The Bertz CT molecular complexity index is 565. The molecular formula is C13H14N2OS2. The Morgan fingerprint density at radius 3 is 2.61 bits per heavy atom. The number of thioether (sulfide) groups is 1. The van der Waals surface area contributed by atoms with E-state index in [1.54, 1.807) is 0 Å². The van der Waals surface area contributed by atoms with Gasteiger partial charge in [-0.3, -0.25) is 4.79 Å². The van der Waals surface area contributed by atoms with E-state index < -0.39 is 0 Å². The number of hydrogen-bond acceptors (Lipinski definition) is 5. The molecule has 0 unspecified atom stereocenters. The molecule has 0 spiro atoms. The third-order valence-corrected chi connectivity index (χ3v) is 4.61. The summed E-state index contributed by atoms with van der Waals surface area (Å²) in [5, 5.41) is 0. The molecule has 1 aromatic heterocycles. The van der Waals surface area contributed by atoms with Crippen LogP contribution in [0.1, 0.15) is 27.0 Å². The number of hydrogen-bond donors (Lipinski definition) is 0. The molecule has 0 amide bonds. The molecular weight excluding hydrogens is 264 g/mol.